The molecule has 0 saturated carbocycles. The first kappa shape index (κ1) is 31.5. The van der Waals surface area contributed by atoms with Crippen LogP contribution in [0.2, 0.25) is 10.0 Å². The van der Waals surface area contributed by atoms with Gasteiger partial charge in [0.25, 0.3) is 10.0 Å². The van der Waals surface area contributed by atoms with Crippen molar-refractivity contribution >= 4 is 50.7 Å². The number of sulfonamides is 1. The molecule has 0 aliphatic rings. The second-order valence-electron chi connectivity index (χ2n) is 9.49. The number of hydrogen-bond donors (Lipinski definition) is 1. The molecule has 0 bridgehead atoms. The van der Waals surface area contributed by atoms with E-state index in [1.165, 1.54) is 17.0 Å². The zero-order valence-corrected chi connectivity index (χ0v) is 25.3. The first-order chi connectivity index (χ1) is 19.1. The Hall–Kier alpha value is -3.07. The van der Waals surface area contributed by atoms with Gasteiger partial charge in [-0.3, -0.25) is 13.9 Å². The largest absolute Gasteiger partial charge is 0.354 e. The summed E-state index contributed by atoms with van der Waals surface area (Å²) in [4.78, 5) is 28.7. The molecule has 1 atom stereocenters. The van der Waals surface area contributed by atoms with Gasteiger partial charge in [-0.2, -0.15) is 0 Å². The molecule has 10 heteroatoms. The number of hydrogen-bond acceptors (Lipinski definition) is 4. The van der Waals surface area contributed by atoms with E-state index in [0.717, 1.165) is 28.3 Å². The summed E-state index contributed by atoms with van der Waals surface area (Å²) in [6, 6.07) is 19.0. The van der Waals surface area contributed by atoms with Crippen LogP contribution < -0.4 is 9.62 Å². The average molecular weight is 605 g/mol. The van der Waals surface area contributed by atoms with E-state index in [-0.39, 0.29) is 28.1 Å². The van der Waals surface area contributed by atoms with Crippen molar-refractivity contribution in [2.75, 3.05) is 17.4 Å². The third kappa shape index (κ3) is 7.99. The van der Waals surface area contributed by atoms with Crippen molar-refractivity contribution in [3.8, 4) is 0 Å². The Bertz CT molecular complexity index is 1400. The number of benzene rings is 3. The highest BCUT2D eigenvalue weighted by atomic mass is 35.5. The van der Waals surface area contributed by atoms with Crippen LogP contribution in [0.3, 0.4) is 0 Å². The van der Waals surface area contributed by atoms with Crippen molar-refractivity contribution in [2.24, 2.45) is 0 Å². The standard InChI is InChI=1S/C30H35Cl2N3O4S/c1-4-6-19-33-30(37)27(5-2)34(20-23-13-15-24(31)16-14-23)29(36)21-35(28-10-8-7-9-26(28)32)40(38,39)25-17-11-22(3)12-18-25/h7-18,27H,4-6,19-21H2,1-3H3,(H,33,37). The van der Waals surface area contributed by atoms with Gasteiger partial charge in [-0.05, 0) is 61.7 Å². The molecule has 3 aromatic carbocycles. The fourth-order valence-corrected chi connectivity index (χ4v) is 6.06. The maximum Gasteiger partial charge on any atom is 0.264 e. The SMILES string of the molecule is CCCCNC(=O)C(CC)N(Cc1ccc(Cl)cc1)C(=O)CN(c1ccccc1Cl)S(=O)(=O)c1ccc(C)cc1. The summed E-state index contributed by atoms with van der Waals surface area (Å²) < 4.78 is 28.8. The number of rotatable bonds is 13. The van der Waals surface area contributed by atoms with Crippen LogP contribution in [0.1, 0.15) is 44.2 Å². The number of amides is 2. The number of carbonyl (C=O) groups is 2. The fraction of sp³-hybridized carbons (Fsp3) is 0.333. The molecule has 40 heavy (non-hydrogen) atoms. The normalized spacial score (nSPS) is 12.0. The lowest BCUT2D eigenvalue weighted by Gasteiger charge is -2.33. The minimum absolute atomic E-state index is 0.0272. The summed E-state index contributed by atoms with van der Waals surface area (Å²) >= 11 is 12.5. The van der Waals surface area contributed by atoms with Crippen LogP contribution in [0, 0.1) is 6.92 Å². The van der Waals surface area contributed by atoms with Gasteiger partial charge in [-0.25, -0.2) is 8.42 Å². The van der Waals surface area contributed by atoms with Crippen molar-refractivity contribution in [3.05, 3.63) is 94.0 Å². The zero-order valence-electron chi connectivity index (χ0n) is 22.9. The second-order valence-corrected chi connectivity index (χ2v) is 12.2. The third-order valence-electron chi connectivity index (χ3n) is 6.49. The molecule has 2 amide bonds. The first-order valence-electron chi connectivity index (χ1n) is 13.2. The number of halogens is 2. The van der Waals surface area contributed by atoms with Crippen molar-refractivity contribution < 1.29 is 18.0 Å². The molecule has 0 aliphatic carbocycles. The minimum atomic E-state index is -4.19. The summed E-state index contributed by atoms with van der Waals surface area (Å²) in [7, 11) is -4.19. The van der Waals surface area contributed by atoms with Gasteiger partial charge in [0.05, 0.1) is 15.6 Å². The highest BCUT2D eigenvalue weighted by molar-refractivity contribution is 7.92. The molecule has 0 radical (unpaired) electrons. The predicted octanol–water partition coefficient (Wildman–Crippen LogP) is 6.22. The van der Waals surface area contributed by atoms with E-state index in [1.54, 1.807) is 60.7 Å². The molecule has 0 saturated heterocycles. The number of para-hydroxylation sites is 1. The van der Waals surface area contributed by atoms with Crippen LogP contribution in [-0.4, -0.2) is 44.3 Å². The molecule has 3 aromatic rings. The summed E-state index contributed by atoms with van der Waals surface area (Å²) in [6.07, 6.45) is 2.06. The summed E-state index contributed by atoms with van der Waals surface area (Å²) in [5, 5.41) is 3.64. The van der Waals surface area contributed by atoms with Crippen LogP contribution in [0.5, 0.6) is 0 Å². The fourth-order valence-electron chi connectivity index (χ4n) is 4.22. The molecule has 3 rings (SSSR count). The number of anilines is 1. The number of unbranched alkanes of at least 4 members (excludes halogenated alkanes) is 1. The Morgan fingerprint density at radius 1 is 0.925 bits per heavy atom. The van der Waals surface area contributed by atoms with Gasteiger partial charge in [0.2, 0.25) is 11.8 Å². The Morgan fingerprint density at radius 2 is 1.57 bits per heavy atom. The monoisotopic (exact) mass is 603 g/mol. The topological polar surface area (TPSA) is 86.8 Å². The Kier molecular flexibility index (Phi) is 11.4. The predicted molar refractivity (Wildman–Crippen MR) is 161 cm³/mol. The van der Waals surface area contributed by atoms with E-state index in [0.29, 0.717) is 18.0 Å². The third-order valence-corrected chi connectivity index (χ3v) is 8.84. The smallest absolute Gasteiger partial charge is 0.264 e. The number of aryl methyl sites for hydroxylation is 1. The highest BCUT2D eigenvalue weighted by Gasteiger charge is 2.34. The lowest BCUT2D eigenvalue weighted by molar-refractivity contribution is -0.140. The van der Waals surface area contributed by atoms with Crippen LogP contribution in [0.15, 0.2) is 77.7 Å². The van der Waals surface area contributed by atoms with E-state index < -0.39 is 28.5 Å². The molecule has 0 spiro atoms. The van der Waals surface area contributed by atoms with E-state index >= 15 is 0 Å². The Labute approximate surface area is 247 Å². The van der Waals surface area contributed by atoms with Gasteiger partial charge in [-0.15, -0.1) is 0 Å². The van der Waals surface area contributed by atoms with E-state index in [1.807, 2.05) is 20.8 Å². The molecule has 7 nitrogen and oxygen atoms in total. The second kappa shape index (κ2) is 14.5. The molecular weight excluding hydrogens is 569 g/mol. The number of nitrogens with zero attached hydrogens (tertiary/aromatic N) is 2. The van der Waals surface area contributed by atoms with Crippen molar-refractivity contribution in [3.63, 3.8) is 0 Å². The van der Waals surface area contributed by atoms with Gasteiger partial charge in [0.1, 0.15) is 12.6 Å². The zero-order chi connectivity index (χ0) is 29.3. The first-order valence-corrected chi connectivity index (χ1v) is 15.4. The van der Waals surface area contributed by atoms with Crippen molar-refractivity contribution in [1.82, 2.24) is 10.2 Å². The summed E-state index contributed by atoms with van der Waals surface area (Å²) in [6.45, 7) is 5.74. The molecule has 0 aliphatic heterocycles. The molecule has 0 heterocycles. The van der Waals surface area contributed by atoms with Crippen LogP contribution in [-0.2, 0) is 26.2 Å². The minimum Gasteiger partial charge on any atom is -0.354 e. The summed E-state index contributed by atoms with van der Waals surface area (Å²) in [5.74, 6) is -0.827. The van der Waals surface area contributed by atoms with E-state index in [9.17, 15) is 18.0 Å². The lowest BCUT2D eigenvalue weighted by Crippen LogP contribution is -2.52. The molecule has 0 fully saturated rings. The van der Waals surface area contributed by atoms with Crippen LogP contribution in [0.25, 0.3) is 0 Å². The van der Waals surface area contributed by atoms with Gasteiger partial charge < -0.3 is 10.2 Å². The number of nitrogens with one attached hydrogen (secondary N) is 1. The molecule has 1 N–H and O–H groups in total. The van der Waals surface area contributed by atoms with Gasteiger partial charge in [0.15, 0.2) is 0 Å². The van der Waals surface area contributed by atoms with Gasteiger partial charge in [0, 0.05) is 18.1 Å². The highest BCUT2D eigenvalue weighted by Crippen LogP contribution is 2.31. The van der Waals surface area contributed by atoms with E-state index in [4.69, 9.17) is 23.2 Å². The summed E-state index contributed by atoms with van der Waals surface area (Å²) in [5.41, 5.74) is 1.82. The molecule has 0 aromatic heterocycles. The van der Waals surface area contributed by atoms with E-state index in [2.05, 4.69) is 5.32 Å². The van der Waals surface area contributed by atoms with Gasteiger partial charge in [-0.1, -0.05) is 85.4 Å². The van der Waals surface area contributed by atoms with Crippen molar-refractivity contribution in [2.45, 2.75) is 57.5 Å². The van der Waals surface area contributed by atoms with Gasteiger partial charge >= 0.3 is 0 Å². The quantitative estimate of drug-likeness (QED) is 0.235. The number of carbonyl (C=O) groups excluding carboxylic acids is 2. The van der Waals surface area contributed by atoms with Crippen LogP contribution >= 0.6 is 23.2 Å². The average Bonchev–Trinajstić information content (AvgIpc) is 2.93. The molecule has 1 unspecified atom stereocenters. The Morgan fingerprint density at radius 3 is 2.17 bits per heavy atom. The Balaban J connectivity index is 2.04. The lowest BCUT2D eigenvalue weighted by atomic mass is 10.1. The maximum atomic E-state index is 14.0. The van der Waals surface area contributed by atoms with Crippen LogP contribution in [0.4, 0.5) is 5.69 Å². The maximum absolute atomic E-state index is 14.0. The van der Waals surface area contributed by atoms with Crippen molar-refractivity contribution in [1.29, 1.82) is 0 Å². The molecule has 214 valence electrons. The molecular formula is C30H35Cl2N3O4S.